The number of rotatable bonds is 6. The number of carbonyl (C=O) groups is 2. The number of primary amides is 2. The number of urea groups is 1. The van der Waals surface area contributed by atoms with Gasteiger partial charge >= 0.3 is 6.03 Å². The van der Waals surface area contributed by atoms with Crippen LogP contribution in [0.1, 0.15) is 10.5 Å². The van der Waals surface area contributed by atoms with E-state index in [9.17, 15) is 9.59 Å². The van der Waals surface area contributed by atoms with Crippen molar-refractivity contribution in [1.82, 2.24) is 9.78 Å². The summed E-state index contributed by atoms with van der Waals surface area (Å²) in [5.41, 5.74) is 12.4. The summed E-state index contributed by atoms with van der Waals surface area (Å²) in [6, 6.07) is 13.4. The van der Waals surface area contributed by atoms with Gasteiger partial charge in [-0.2, -0.15) is 10.4 Å². The second-order valence-electron chi connectivity index (χ2n) is 5.83. The third kappa shape index (κ3) is 4.45. The highest BCUT2D eigenvalue weighted by Gasteiger charge is 2.17. The van der Waals surface area contributed by atoms with Crippen molar-refractivity contribution in [2.75, 3.05) is 11.9 Å². The lowest BCUT2D eigenvalue weighted by molar-refractivity contribution is 0.0996. The molecule has 0 aliphatic carbocycles. The summed E-state index contributed by atoms with van der Waals surface area (Å²) in [5.74, 6) is -0.270. The van der Waals surface area contributed by atoms with E-state index >= 15 is 0 Å². The van der Waals surface area contributed by atoms with Crippen LogP contribution in [-0.2, 0) is 0 Å². The van der Waals surface area contributed by atoms with Gasteiger partial charge in [0, 0.05) is 5.56 Å². The Labute approximate surface area is 170 Å². The minimum atomic E-state index is -0.848. The SMILES string of the molecule is N#CCOc1cccc(-c2ccc(-n3cc(NC(N)=O)c(C(N)=O)n3)cc2Cl)c1. The number of carbonyl (C=O) groups excluding carboxylic acids is 2. The van der Waals surface area contributed by atoms with Crippen LogP contribution in [0.3, 0.4) is 0 Å². The third-order valence-electron chi connectivity index (χ3n) is 3.87. The van der Waals surface area contributed by atoms with E-state index in [1.807, 2.05) is 12.1 Å². The first kappa shape index (κ1) is 19.7. The first-order valence-electron chi connectivity index (χ1n) is 8.25. The maximum absolute atomic E-state index is 11.6. The maximum Gasteiger partial charge on any atom is 0.316 e. The quantitative estimate of drug-likeness (QED) is 0.571. The first-order chi connectivity index (χ1) is 13.9. The average Bonchev–Trinajstić information content (AvgIpc) is 3.10. The average molecular weight is 411 g/mol. The number of nitrogens with zero attached hydrogens (tertiary/aromatic N) is 3. The number of anilines is 1. The molecule has 0 aliphatic rings. The molecule has 3 aromatic rings. The summed E-state index contributed by atoms with van der Waals surface area (Å²) in [7, 11) is 0. The maximum atomic E-state index is 11.6. The van der Waals surface area contributed by atoms with Crippen molar-refractivity contribution in [3.05, 3.63) is 59.4 Å². The summed E-state index contributed by atoms with van der Waals surface area (Å²) in [4.78, 5) is 22.7. The van der Waals surface area contributed by atoms with E-state index in [0.29, 0.717) is 16.5 Å². The molecule has 2 aromatic carbocycles. The molecule has 0 aliphatic heterocycles. The molecule has 0 radical (unpaired) electrons. The van der Waals surface area contributed by atoms with Gasteiger partial charge in [0.1, 0.15) is 11.8 Å². The Morgan fingerprint density at radius 1 is 1.24 bits per heavy atom. The lowest BCUT2D eigenvalue weighted by Gasteiger charge is -2.09. The van der Waals surface area contributed by atoms with Gasteiger partial charge in [-0.05, 0) is 29.8 Å². The Morgan fingerprint density at radius 3 is 2.69 bits per heavy atom. The minimum absolute atomic E-state index is 0.0563. The molecule has 0 unspecified atom stereocenters. The van der Waals surface area contributed by atoms with Crippen LogP contribution >= 0.6 is 11.6 Å². The summed E-state index contributed by atoms with van der Waals surface area (Å²) < 4.78 is 6.67. The van der Waals surface area contributed by atoms with Gasteiger partial charge in [-0.1, -0.05) is 29.8 Å². The molecule has 29 heavy (non-hydrogen) atoms. The standard InChI is InChI=1S/C19H15ClN6O3/c20-15-9-12(26-10-16(24-19(23)28)17(25-26)18(22)27)4-5-14(15)11-2-1-3-13(8-11)29-7-6-21/h1-5,8-10H,7H2,(H2,22,27)(H3,23,24,28). The fourth-order valence-corrected chi connectivity index (χ4v) is 2.95. The number of aromatic nitrogens is 2. The number of amides is 3. The van der Waals surface area contributed by atoms with Crippen molar-refractivity contribution in [2.45, 2.75) is 0 Å². The van der Waals surface area contributed by atoms with Gasteiger partial charge in [-0.3, -0.25) is 4.79 Å². The molecule has 146 valence electrons. The highest BCUT2D eigenvalue weighted by Crippen LogP contribution is 2.32. The Balaban J connectivity index is 1.95. The molecular formula is C19H15ClN6O3. The van der Waals surface area contributed by atoms with Crippen molar-refractivity contribution in [2.24, 2.45) is 11.5 Å². The summed E-state index contributed by atoms with van der Waals surface area (Å²) in [6.45, 7) is -0.0563. The minimum Gasteiger partial charge on any atom is -0.479 e. The Bertz CT molecular complexity index is 1140. The van der Waals surface area contributed by atoms with Crippen LogP contribution in [0.2, 0.25) is 5.02 Å². The van der Waals surface area contributed by atoms with Gasteiger partial charge in [-0.25, -0.2) is 9.48 Å². The van der Waals surface area contributed by atoms with Crippen LogP contribution < -0.4 is 21.5 Å². The van der Waals surface area contributed by atoms with E-state index in [1.165, 1.54) is 10.9 Å². The largest absolute Gasteiger partial charge is 0.479 e. The molecule has 0 atom stereocenters. The summed E-state index contributed by atoms with van der Waals surface area (Å²) >= 11 is 6.45. The van der Waals surface area contributed by atoms with E-state index in [4.69, 9.17) is 33.1 Å². The second kappa shape index (κ2) is 8.33. The van der Waals surface area contributed by atoms with E-state index in [-0.39, 0.29) is 18.0 Å². The molecule has 3 amide bonds. The number of nitriles is 1. The van der Waals surface area contributed by atoms with Crippen LogP contribution in [0, 0.1) is 11.3 Å². The molecule has 0 saturated carbocycles. The fraction of sp³-hybridized carbons (Fsp3) is 0.0526. The zero-order valence-corrected chi connectivity index (χ0v) is 15.7. The number of nitrogens with two attached hydrogens (primary N) is 2. The lowest BCUT2D eigenvalue weighted by atomic mass is 10.0. The first-order valence-corrected chi connectivity index (χ1v) is 8.63. The zero-order valence-electron chi connectivity index (χ0n) is 14.9. The van der Waals surface area contributed by atoms with Gasteiger partial charge in [0.2, 0.25) is 0 Å². The third-order valence-corrected chi connectivity index (χ3v) is 4.18. The van der Waals surface area contributed by atoms with Crippen LogP contribution in [0.4, 0.5) is 10.5 Å². The van der Waals surface area contributed by atoms with Crippen molar-refractivity contribution in [3.8, 4) is 28.6 Å². The van der Waals surface area contributed by atoms with E-state index in [1.54, 1.807) is 36.4 Å². The van der Waals surface area contributed by atoms with Crippen molar-refractivity contribution in [1.29, 1.82) is 5.26 Å². The molecule has 3 rings (SSSR count). The van der Waals surface area contributed by atoms with E-state index in [0.717, 1.165) is 11.1 Å². The fourth-order valence-electron chi connectivity index (χ4n) is 2.66. The normalized spacial score (nSPS) is 10.2. The molecule has 0 fully saturated rings. The molecule has 9 nitrogen and oxygen atoms in total. The van der Waals surface area contributed by atoms with Gasteiger partial charge in [0.25, 0.3) is 5.91 Å². The van der Waals surface area contributed by atoms with Gasteiger partial charge < -0.3 is 21.5 Å². The predicted molar refractivity (Wildman–Crippen MR) is 107 cm³/mol. The van der Waals surface area contributed by atoms with Gasteiger partial charge in [0.15, 0.2) is 12.3 Å². The number of nitrogens with one attached hydrogen (secondary N) is 1. The van der Waals surface area contributed by atoms with Crippen LogP contribution in [0.5, 0.6) is 5.75 Å². The molecule has 0 bridgehead atoms. The Hall–Kier alpha value is -4.03. The molecule has 1 heterocycles. The van der Waals surface area contributed by atoms with Crippen molar-refractivity contribution < 1.29 is 14.3 Å². The zero-order chi connectivity index (χ0) is 21.0. The highest BCUT2D eigenvalue weighted by atomic mass is 35.5. The van der Waals surface area contributed by atoms with Gasteiger partial charge in [0.05, 0.1) is 22.6 Å². The number of halogens is 1. The topological polar surface area (TPSA) is 149 Å². The number of benzene rings is 2. The van der Waals surface area contributed by atoms with E-state index in [2.05, 4.69) is 10.4 Å². The smallest absolute Gasteiger partial charge is 0.316 e. The number of ether oxygens (including phenoxy) is 1. The Kier molecular flexibility index (Phi) is 5.66. The molecule has 0 spiro atoms. The Morgan fingerprint density at radius 2 is 2.03 bits per heavy atom. The monoisotopic (exact) mass is 410 g/mol. The number of hydrogen-bond donors (Lipinski definition) is 3. The highest BCUT2D eigenvalue weighted by molar-refractivity contribution is 6.33. The van der Waals surface area contributed by atoms with Crippen molar-refractivity contribution in [3.63, 3.8) is 0 Å². The van der Waals surface area contributed by atoms with Crippen molar-refractivity contribution >= 4 is 29.2 Å². The van der Waals surface area contributed by atoms with Crippen LogP contribution in [0.25, 0.3) is 16.8 Å². The predicted octanol–water partition coefficient (Wildman–Crippen LogP) is 2.68. The molecule has 1 aromatic heterocycles. The summed E-state index contributed by atoms with van der Waals surface area (Å²) in [6.07, 6.45) is 1.41. The molecular weight excluding hydrogens is 396 g/mol. The van der Waals surface area contributed by atoms with Gasteiger partial charge in [-0.15, -0.1) is 0 Å². The van der Waals surface area contributed by atoms with Crippen LogP contribution in [-0.4, -0.2) is 28.3 Å². The van der Waals surface area contributed by atoms with Crippen LogP contribution in [0.15, 0.2) is 48.7 Å². The second-order valence-corrected chi connectivity index (χ2v) is 6.24. The van der Waals surface area contributed by atoms with E-state index < -0.39 is 11.9 Å². The molecule has 0 saturated heterocycles. The lowest BCUT2D eigenvalue weighted by Crippen LogP contribution is -2.22. The number of hydrogen-bond acceptors (Lipinski definition) is 5. The molecule has 10 heteroatoms. The molecule has 5 N–H and O–H groups in total. The summed E-state index contributed by atoms with van der Waals surface area (Å²) in [5, 5.41) is 15.4.